The van der Waals surface area contributed by atoms with Crippen LogP contribution < -0.4 is 0 Å². The molecule has 0 aromatic heterocycles. The van der Waals surface area contributed by atoms with E-state index in [2.05, 4.69) is 33.1 Å². The number of hydrogen-bond donors (Lipinski definition) is 0. The van der Waals surface area contributed by atoms with Crippen LogP contribution in [0.4, 0.5) is 0 Å². The van der Waals surface area contributed by atoms with E-state index in [9.17, 15) is 5.26 Å². The van der Waals surface area contributed by atoms with E-state index >= 15 is 0 Å². The molecule has 1 nitrogen and oxygen atoms in total. The Bertz CT molecular complexity index is 242. The molecule has 0 aromatic carbocycles. The van der Waals surface area contributed by atoms with Crippen LogP contribution in [0, 0.1) is 10.7 Å². The molecule has 0 bridgehead atoms. The molecule has 0 saturated heterocycles. The minimum atomic E-state index is -1.86. The van der Waals surface area contributed by atoms with Gasteiger partial charge in [-0.3, -0.25) is 0 Å². The quantitative estimate of drug-likeness (QED) is 0.273. The van der Waals surface area contributed by atoms with Gasteiger partial charge >= 0.3 is 132 Å². The van der Waals surface area contributed by atoms with Crippen LogP contribution in [0.15, 0.2) is 0 Å². The van der Waals surface area contributed by atoms with Gasteiger partial charge in [0.25, 0.3) is 0 Å². The second-order valence-corrected chi connectivity index (χ2v) is 15.9. The maximum absolute atomic E-state index is 9.51. The summed E-state index contributed by atoms with van der Waals surface area (Å²) in [5, 5.41) is 12.1. The Hall–Kier alpha value is 0.270. The Labute approximate surface area is 132 Å². The molecule has 0 spiro atoms. The zero-order valence-corrected chi connectivity index (χ0v) is 16.0. The molecule has 0 atom stereocenters. The Balaban J connectivity index is 5.33. The Morgan fingerprint density at radius 3 is 1.20 bits per heavy atom. The fourth-order valence-electron chi connectivity index (χ4n) is 3.20. The van der Waals surface area contributed by atoms with Crippen LogP contribution >= 0.6 is 17.2 Å². The number of thiocyanates is 1. The second kappa shape index (κ2) is 10.9. The minimum absolute atomic E-state index is 1.27. The van der Waals surface area contributed by atoms with Gasteiger partial charge in [-0.05, 0) is 0 Å². The molecule has 0 heterocycles. The van der Waals surface area contributed by atoms with Crippen LogP contribution in [0.2, 0.25) is 0 Å². The van der Waals surface area contributed by atoms with Crippen molar-refractivity contribution >= 4 is 17.2 Å². The van der Waals surface area contributed by atoms with Crippen molar-refractivity contribution in [2.45, 2.75) is 79.1 Å². The van der Waals surface area contributed by atoms with Crippen LogP contribution in [-0.2, 0) is 0 Å². The average Bonchev–Trinajstić information content (AvgIpc) is 2.48. The summed E-state index contributed by atoms with van der Waals surface area (Å²) in [6.07, 6.45) is 15.8. The van der Waals surface area contributed by atoms with Gasteiger partial charge in [-0.2, -0.15) is 0 Å². The summed E-state index contributed by atoms with van der Waals surface area (Å²) in [5.74, 6) is -1.86. The van der Waals surface area contributed by atoms with Crippen molar-refractivity contribution in [1.82, 2.24) is 0 Å². The van der Waals surface area contributed by atoms with Gasteiger partial charge in [0.15, 0.2) is 0 Å². The zero-order valence-electron chi connectivity index (χ0n) is 14.3. The summed E-state index contributed by atoms with van der Waals surface area (Å²) in [4.78, 5) is 0. The van der Waals surface area contributed by atoms with Gasteiger partial charge in [-0.15, -0.1) is 0 Å². The summed E-state index contributed by atoms with van der Waals surface area (Å²) < 4.78 is 0. The first-order valence-corrected chi connectivity index (χ1v) is 13.1. The first-order valence-electron chi connectivity index (χ1n) is 8.70. The third kappa shape index (κ3) is 6.36. The monoisotopic (exact) mass is 317 g/mol. The van der Waals surface area contributed by atoms with Crippen molar-refractivity contribution in [3.05, 3.63) is 0 Å². The zero-order chi connectivity index (χ0) is 15.3. The molecule has 0 aliphatic heterocycles. The second-order valence-electron chi connectivity index (χ2n) is 6.35. The fourth-order valence-corrected chi connectivity index (χ4v) is 12.9. The van der Waals surface area contributed by atoms with Crippen molar-refractivity contribution in [2.75, 3.05) is 24.6 Å². The third-order valence-electron chi connectivity index (χ3n) is 4.61. The molecule has 20 heavy (non-hydrogen) atoms. The van der Waals surface area contributed by atoms with Gasteiger partial charge in [-0.1, -0.05) is 0 Å². The summed E-state index contributed by atoms with van der Waals surface area (Å²) >= 11 is 1.77. The summed E-state index contributed by atoms with van der Waals surface area (Å²) in [6.45, 7) is 9.17. The first kappa shape index (κ1) is 20.3. The number of nitrogens with zero attached hydrogens (tertiary/aromatic N) is 1. The van der Waals surface area contributed by atoms with Crippen molar-refractivity contribution in [3.8, 4) is 5.40 Å². The Kier molecular flexibility index (Phi) is 11.1. The molecule has 3 heteroatoms. The van der Waals surface area contributed by atoms with Gasteiger partial charge in [0, 0.05) is 0 Å². The molecule has 0 rings (SSSR count). The SMILES string of the molecule is CCCCP(CCCC)(CCCC)(CCCC)SC#N. The normalized spacial score (nSPS) is 13.7. The predicted molar refractivity (Wildman–Crippen MR) is 99.2 cm³/mol. The molecule has 0 unspecified atom stereocenters. The van der Waals surface area contributed by atoms with E-state index in [-0.39, 0.29) is 0 Å². The van der Waals surface area contributed by atoms with E-state index in [4.69, 9.17) is 0 Å². The molecule has 0 amide bonds. The van der Waals surface area contributed by atoms with E-state index in [1.165, 1.54) is 76.0 Å². The van der Waals surface area contributed by atoms with Gasteiger partial charge < -0.3 is 0 Å². The Morgan fingerprint density at radius 2 is 1.00 bits per heavy atom. The van der Waals surface area contributed by atoms with Gasteiger partial charge in [0.05, 0.1) is 0 Å². The van der Waals surface area contributed by atoms with Crippen molar-refractivity contribution in [3.63, 3.8) is 0 Å². The first-order chi connectivity index (χ1) is 9.62. The molecule has 0 aromatic rings. The third-order valence-corrected chi connectivity index (χ3v) is 15.0. The topological polar surface area (TPSA) is 23.8 Å². The van der Waals surface area contributed by atoms with E-state index in [1.54, 1.807) is 11.4 Å². The summed E-state index contributed by atoms with van der Waals surface area (Å²) in [6, 6.07) is 0. The van der Waals surface area contributed by atoms with Crippen LogP contribution in [0.1, 0.15) is 79.1 Å². The summed E-state index contributed by atoms with van der Waals surface area (Å²) in [7, 11) is 0. The number of rotatable bonds is 13. The van der Waals surface area contributed by atoms with Gasteiger partial charge in [0.2, 0.25) is 0 Å². The molecule has 0 aliphatic rings. The molecule has 120 valence electrons. The molecular weight excluding hydrogens is 281 g/mol. The van der Waals surface area contributed by atoms with Gasteiger partial charge in [-0.25, -0.2) is 0 Å². The van der Waals surface area contributed by atoms with E-state index in [1.807, 2.05) is 0 Å². The van der Waals surface area contributed by atoms with Crippen LogP contribution in [-0.4, -0.2) is 24.6 Å². The van der Waals surface area contributed by atoms with Crippen molar-refractivity contribution in [1.29, 1.82) is 5.26 Å². The van der Waals surface area contributed by atoms with E-state index in [0.717, 1.165) is 0 Å². The standard InChI is InChI=1S/C17H36NPS/c1-5-9-13-19(20-17-18,14-10-6-2,15-11-7-3)16-12-8-4/h5-16H2,1-4H3. The fraction of sp³-hybridized carbons (Fsp3) is 0.941. The van der Waals surface area contributed by atoms with Crippen LogP contribution in [0.3, 0.4) is 0 Å². The van der Waals surface area contributed by atoms with E-state index < -0.39 is 5.81 Å². The number of unbranched alkanes of at least 4 members (excludes halogenated alkanes) is 4. The van der Waals surface area contributed by atoms with Crippen LogP contribution in [0.25, 0.3) is 0 Å². The maximum atomic E-state index is 9.51. The number of nitriles is 1. The van der Waals surface area contributed by atoms with Crippen LogP contribution in [0.5, 0.6) is 0 Å². The molecule has 0 saturated carbocycles. The van der Waals surface area contributed by atoms with Gasteiger partial charge in [0.1, 0.15) is 0 Å². The van der Waals surface area contributed by atoms with Crippen molar-refractivity contribution in [2.24, 2.45) is 0 Å². The molecular formula is C17H36NPS. The van der Waals surface area contributed by atoms with E-state index in [0.29, 0.717) is 0 Å². The molecule has 0 radical (unpaired) electrons. The Morgan fingerprint density at radius 1 is 0.700 bits per heavy atom. The molecule has 0 fully saturated rings. The molecule has 0 aliphatic carbocycles. The average molecular weight is 318 g/mol. The predicted octanol–water partition coefficient (Wildman–Crippen LogP) is 6.87. The number of hydrogen-bond acceptors (Lipinski definition) is 2. The summed E-state index contributed by atoms with van der Waals surface area (Å²) in [5.41, 5.74) is 0. The van der Waals surface area contributed by atoms with Crippen molar-refractivity contribution < 1.29 is 0 Å². The molecule has 0 N–H and O–H groups in total.